The molecule has 1 atom stereocenters. The van der Waals surface area contributed by atoms with Crippen LogP contribution in [0.4, 0.5) is 0 Å². The van der Waals surface area contributed by atoms with Crippen LogP contribution in [0.2, 0.25) is 5.02 Å². The molecule has 42 heavy (non-hydrogen) atoms. The number of pyridine rings is 1. The number of aromatic carboxylic acids is 1. The zero-order valence-electron chi connectivity index (χ0n) is 23.1. The average Bonchev–Trinajstić information content (AvgIpc) is 3.80. The molecule has 0 radical (unpaired) electrons. The number of Topliss-reactive ketones (excluding diaryl/α,β-unsaturated/α-hetero) is 2. The Morgan fingerprint density at radius 2 is 1.67 bits per heavy atom. The first-order valence-corrected chi connectivity index (χ1v) is 14.1. The van der Waals surface area contributed by atoms with Gasteiger partial charge >= 0.3 is 5.97 Å². The summed E-state index contributed by atoms with van der Waals surface area (Å²) in [5.41, 5.74) is 2.62. The number of carboxylic acid groups (broad SMARTS) is 1. The molecule has 1 unspecified atom stereocenters. The summed E-state index contributed by atoms with van der Waals surface area (Å²) in [7, 11) is 1.47. The Morgan fingerprint density at radius 1 is 0.952 bits per heavy atom. The second-order valence-electron chi connectivity index (χ2n) is 10.6. The van der Waals surface area contributed by atoms with Gasteiger partial charge in [-0.25, -0.2) is 4.79 Å². The molecule has 1 saturated carbocycles. The molecular formula is C34H30ClNO6. The number of benzene rings is 3. The number of halogens is 1. The summed E-state index contributed by atoms with van der Waals surface area (Å²) in [6, 6.07) is 21.1. The van der Waals surface area contributed by atoms with Crippen molar-refractivity contribution < 1.29 is 24.2 Å². The molecule has 1 N–H and O–H groups in total. The molecule has 4 aromatic rings. The summed E-state index contributed by atoms with van der Waals surface area (Å²) in [4.78, 5) is 51.9. The first kappa shape index (κ1) is 29.0. The predicted molar refractivity (Wildman–Crippen MR) is 161 cm³/mol. The van der Waals surface area contributed by atoms with E-state index in [1.54, 1.807) is 30.3 Å². The average molecular weight is 584 g/mol. The van der Waals surface area contributed by atoms with Gasteiger partial charge in [-0.2, -0.15) is 0 Å². The number of methoxy groups -OCH3 is 1. The Bertz CT molecular complexity index is 1690. The lowest BCUT2D eigenvalue weighted by atomic mass is 9.94. The van der Waals surface area contributed by atoms with Crippen LogP contribution < -0.4 is 10.3 Å². The number of hydrogen-bond acceptors (Lipinski definition) is 5. The van der Waals surface area contributed by atoms with Gasteiger partial charge in [0.25, 0.3) is 5.56 Å². The van der Waals surface area contributed by atoms with E-state index in [0.717, 1.165) is 18.4 Å². The van der Waals surface area contributed by atoms with Crippen LogP contribution in [0.25, 0.3) is 11.1 Å². The molecule has 7 nitrogen and oxygen atoms in total. The van der Waals surface area contributed by atoms with Crippen molar-refractivity contribution in [2.75, 3.05) is 7.11 Å². The van der Waals surface area contributed by atoms with E-state index in [2.05, 4.69) is 0 Å². The number of rotatable bonds is 12. The third kappa shape index (κ3) is 6.69. The topological polar surface area (TPSA) is 103 Å². The molecule has 3 aromatic carbocycles. The van der Waals surface area contributed by atoms with Gasteiger partial charge in [-0.1, -0.05) is 54.1 Å². The van der Waals surface area contributed by atoms with Crippen molar-refractivity contribution in [1.82, 2.24) is 4.57 Å². The highest BCUT2D eigenvalue weighted by Gasteiger charge is 2.28. The van der Waals surface area contributed by atoms with Gasteiger partial charge in [0.1, 0.15) is 5.75 Å². The van der Waals surface area contributed by atoms with Crippen molar-refractivity contribution in [3.05, 3.63) is 123 Å². The molecule has 0 spiro atoms. The fourth-order valence-electron chi connectivity index (χ4n) is 5.11. The smallest absolute Gasteiger partial charge is 0.335 e. The van der Waals surface area contributed by atoms with Gasteiger partial charge in [0.15, 0.2) is 11.6 Å². The van der Waals surface area contributed by atoms with Crippen LogP contribution in [-0.4, -0.2) is 34.3 Å². The number of aromatic nitrogens is 1. The minimum absolute atomic E-state index is 0.00200. The lowest BCUT2D eigenvalue weighted by Gasteiger charge is -2.22. The number of carbonyl (C=O) groups is 3. The minimum atomic E-state index is -1.05. The SMILES string of the molecule is COc1cn(C(Cc2ccccc2)C(=O)Cc2ccc(C(=O)O)cc2)c(=O)cc1-c1cc(Cl)ccc1C(=O)CC1CC1. The lowest BCUT2D eigenvalue weighted by molar-refractivity contribution is -0.121. The Labute approximate surface area is 248 Å². The molecule has 1 aliphatic rings. The first-order chi connectivity index (χ1) is 20.2. The molecule has 0 aliphatic heterocycles. The van der Waals surface area contributed by atoms with Gasteiger partial charge in [0, 0.05) is 41.5 Å². The van der Waals surface area contributed by atoms with Gasteiger partial charge in [0.2, 0.25) is 0 Å². The lowest BCUT2D eigenvalue weighted by Crippen LogP contribution is -2.32. The van der Waals surface area contributed by atoms with E-state index in [1.807, 2.05) is 30.3 Å². The number of nitrogens with zero attached hydrogens (tertiary/aromatic N) is 1. The summed E-state index contributed by atoms with van der Waals surface area (Å²) in [6.07, 6.45) is 4.30. The zero-order valence-corrected chi connectivity index (χ0v) is 23.8. The summed E-state index contributed by atoms with van der Waals surface area (Å²) in [5, 5.41) is 9.63. The van der Waals surface area contributed by atoms with E-state index in [1.165, 1.54) is 36.1 Å². The molecule has 0 bridgehead atoms. The van der Waals surface area contributed by atoms with Crippen molar-refractivity contribution in [3.8, 4) is 16.9 Å². The Morgan fingerprint density at radius 3 is 2.31 bits per heavy atom. The van der Waals surface area contributed by atoms with Crippen LogP contribution in [-0.2, 0) is 17.6 Å². The highest BCUT2D eigenvalue weighted by atomic mass is 35.5. The van der Waals surface area contributed by atoms with Crippen molar-refractivity contribution in [2.24, 2.45) is 5.92 Å². The summed E-state index contributed by atoms with van der Waals surface area (Å²) >= 11 is 6.33. The largest absolute Gasteiger partial charge is 0.495 e. The third-order valence-corrected chi connectivity index (χ3v) is 7.80. The molecule has 1 fully saturated rings. The molecule has 5 rings (SSSR count). The van der Waals surface area contributed by atoms with E-state index in [0.29, 0.717) is 45.4 Å². The minimum Gasteiger partial charge on any atom is -0.495 e. The van der Waals surface area contributed by atoms with Gasteiger partial charge in [0.05, 0.1) is 24.9 Å². The van der Waals surface area contributed by atoms with E-state index in [-0.39, 0.29) is 30.0 Å². The molecule has 8 heteroatoms. The standard InChI is InChI=1S/C34H30ClNO6/c1-42-32-20-36(33(39)19-28(32)27-18-25(35)13-14-26(27)30(37)16-22-7-8-22)29(15-21-5-3-2-4-6-21)31(38)17-23-9-11-24(12-10-23)34(40)41/h2-6,9-14,18-20,22,29H,7-8,15-17H2,1H3,(H,40,41). The highest BCUT2D eigenvalue weighted by Crippen LogP contribution is 2.38. The number of carbonyl (C=O) groups excluding carboxylic acids is 2. The summed E-state index contributed by atoms with van der Waals surface area (Å²) in [5.74, 6) is -0.566. The molecule has 1 heterocycles. The number of ether oxygens (including phenoxy) is 1. The highest BCUT2D eigenvalue weighted by molar-refractivity contribution is 6.31. The van der Waals surface area contributed by atoms with Crippen molar-refractivity contribution in [3.63, 3.8) is 0 Å². The first-order valence-electron chi connectivity index (χ1n) is 13.8. The third-order valence-electron chi connectivity index (χ3n) is 7.57. The number of carboxylic acids is 1. The van der Waals surface area contributed by atoms with Crippen molar-refractivity contribution in [2.45, 2.75) is 38.1 Å². The molecule has 214 valence electrons. The van der Waals surface area contributed by atoms with E-state index < -0.39 is 17.6 Å². The van der Waals surface area contributed by atoms with Crippen LogP contribution in [0.5, 0.6) is 5.75 Å². The Kier molecular flexibility index (Phi) is 8.69. The predicted octanol–water partition coefficient (Wildman–Crippen LogP) is 6.45. The Hall–Kier alpha value is -4.49. The van der Waals surface area contributed by atoms with Gasteiger partial charge in [-0.15, -0.1) is 0 Å². The van der Waals surface area contributed by atoms with Crippen LogP contribution in [0.1, 0.15) is 57.1 Å². The normalized spacial score (nSPS) is 13.4. The summed E-state index contributed by atoms with van der Waals surface area (Å²) < 4.78 is 7.09. The van der Waals surface area contributed by atoms with Gasteiger partial charge in [-0.3, -0.25) is 14.4 Å². The summed E-state index contributed by atoms with van der Waals surface area (Å²) in [6.45, 7) is 0. The van der Waals surface area contributed by atoms with Crippen LogP contribution in [0, 0.1) is 5.92 Å². The maximum atomic E-state index is 13.8. The van der Waals surface area contributed by atoms with Crippen LogP contribution in [0.3, 0.4) is 0 Å². The molecule has 0 amide bonds. The zero-order chi connectivity index (χ0) is 29.8. The van der Waals surface area contributed by atoms with Gasteiger partial charge in [-0.05, 0) is 65.8 Å². The monoisotopic (exact) mass is 583 g/mol. The van der Waals surface area contributed by atoms with Crippen LogP contribution >= 0.6 is 11.6 Å². The van der Waals surface area contributed by atoms with Gasteiger partial charge < -0.3 is 14.4 Å². The second-order valence-corrected chi connectivity index (χ2v) is 11.0. The van der Waals surface area contributed by atoms with Crippen molar-refractivity contribution >= 4 is 29.1 Å². The van der Waals surface area contributed by atoms with E-state index in [4.69, 9.17) is 16.3 Å². The maximum Gasteiger partial charge on any atom is 0.335 e. The fraction of sp³-hybridized carbons (Fsp3) is 0.235. The maximum absolute atomic E-state index is 13.8. The molecule has 0 saturated heterocycles. The van der Waals surface area contributed by atoms with Crippen molar-refractivity contribution in [1.29, 1.82) is 0 Å². The molecule has 1 aromatic heterocycles. The number of hydrogen-bond donors (Lipinski definition) is 1. The molecular weight excluding hydrogens is 554 g/mol. The second kappa shape index (κ2) is 12.6. The van der Waals surface area contributed by atoms with E-state index >= 15 is 0 Å². The van der Waals surface area contributed by atoms with E-state index in [9.17, 15) is 24.3 Å². The fourth-order valence-corrected chi connectivity index (χ4v) is 5.28. The molecule has 1 aliphatic carbocycles. The Balaban J connectivity index is 1.55. The number of ketones is 2. The quantitative estimate of drug-likeness (QED) is 0.192. The van der Waals surface area contributed by atoms with Crippen LogP contribution in [0.15, 0.2) is 89.9 Å².